The lowest BCUT2D eigenvalue weighted by Crippen LogP contribution is -2.53. The first kappa shape index (κ1) is 13.3. The molecule has 17 heavy (non-hydrogen) atoms. The highest BCUT2D eigenvalue weighted by Gasteiger charge is 2.24. The monoisotopic (exact) mass is 239 g/mol. The molecule has 1 aliphatic heterocycles. The number of carboxylic acids is 1. The standard InChI is InChI=1S/C11H17N3O3/c1-3-4-9(10(15)16)12-11(17)14-7-5-13(2)6-8-14/h1,9H,4-8H2,2H3,(H,12,17)(H,15,16). The van der Waals surface area contributed by atoms with Gasteiger partial charge in [-0.1, -0.05) is 0 Å². The molecule has 6 heteroatoms. The number of terminal acetylenes is 1. The third-order valence-corrected chi connectivity index (χ3v) is 2.71. The van der Waals surface area contributed by atoms with Gasteiger partial charge in [0.15, 0.2) is 0 Å². The van der Waals surface area contributed by atoms with E-state index < -0.39 is 12.0 Å². The molecule has 2 amide bonds. The third kappa shape index (κ3) is 3.96. The molecule has 0 aromatic carbocycles. The number of carboxylic acid groups (broad SMARTS) is 1. The molecular weight excluding hydrogens is 222 g/mol. The number of carbonyl (C=O) groups is 2. The molecule has 0 aromatic heterocycles. The van der Waals surface area contributed by atoms with Gasteiger partial charge in [0, 0.05) is 32.6 Å². The van der Waals surface area contributed by atoms with Gasteiger partial charge < -0.3 is 20.2 Å². The van der Waals surface area contributed by atoms with Crippen molar-refractivity contribution in [2.24, 2.45) is 0 Å². The molecule has 0 spiro atoms. The molecule has 0 saturated carbocycles. The molecule has 0 aliphatic carbocycles. The average molecular weight is 239 g/mol. The molecule has 2 N–H and O–H groups in total. The van der Waals surface area contributed by atoms with Gasteiger partial charge in [-0.25, -0.2) is 9.59 Å². The first-order valence-electron chi connectivity index (χ1n) is 5.45. The Morgan fingerprint density at radius 3 is 2.47 bits per heavy atom. The largest absolute Gasteiger partial charge is 0.480 e. The number of aliphatic carboxylic acids is 1. The molecule has 0 radical (unpaired) electrons. The van der Waals surface area contributed by atoms with Crippen LogP contribution in [0.15, 0.2) is 0 Å². The van der Waals surface area contributed by atoms with Crippen LogP contribution in [0.4, 0.5) is 4.79 Å². The smallest absolute Gasteiger partial charge is 0.327 e. The van der Waals surface area contributed by atoms with E-state index in [9.17, 15) is 9.59 Å². The van der Waals surface area contributed by atoms with Crippen LogP contribution < -0.4 is 5.32 Å². The van der Waals surface area contributed by atoms with E-state index >= 15 is 0 Å². The van der Waals surface area contributed by atoms with Gasteiger partial charge in [-0.2, -0.15) is 0 Å². The van der Waals surface area contributed by atoms with Crippen LogP contribution in [0.3, 0.4) is 0 Å². The SMILES string of the molecule is C#CCC(NC(=O)N1CCN(C)CC1)C(=O)O. The van der Waals surface area contributed by atoms with Gasteiger partial charge in [0.05, 0.1) is 0 Å². The third-order valence-electron chi connectivity index (χ3n) is 2.71. The molecule has 94 valence electrons. The predicted molar refractivity (Wildman–Crippen MR) is 62.5 cm³/mol. The molecule has 6 nitrogen and oxygen atoms in total. The second-order valence-electron chi connectivity index (χ2n) is 4.04. The Morgan fingerprint density at radius 1 is 1.41 bits per heavy atom. The van der Waals surface area contributed by atoms with Gasteiger partial charge in [-0.15, -0.1) is 12.3 Å². The quantitative estimate of drug-likeness (QED) is 0.646. The van der Waals surface area contributed by atoms with Crippen molar-refractivity contribution in [2.45, 2.75) is 12.5 Å². The summed E-state index contributed by atoms with van der Waals surface area (Å²) in [7, 11) is 1.98. The van der Waals surface area contributed by atoms with Crippen LogP contribution in [-0.4, -0.2) is 66.2 Å². The molecule has 1 rings (SSSR count). The Morgan fingerprint density at radius 2 is 2.00 bits per heavy atom. The fraction of sp³-hybridized carbons (Fsp3) is 0.636. The van der Waals surface area contributed by atoms with Gasteiger partial charge in [-0.3, -0.25) is 0 Å². The Balaban J connectivity index is 2.47. The Bertz CT molecular complexity index is 329. The zero-order valence-corrected chi connectivity index (χ0v) is 9.85. The lowest BCUT2D eigenvalue weighted by Gasteiger charge is -2.32. The summed E-state index contributed by atoms with van der Waals surface area (Å²) in [6.45, 7) is 2.79. The number of piperazine rings is 1. The number of carbonyl (C=O) groups excluding carboxylic acids is 1. The second kappa shape index (κ2) is 6.11. The van der Waals surface area contributed by atoms with E-state index in [0.29, 0.717) is 13.1 Å². The Labute approximate surface area is 101 Å². The van der Waals surface area contributed by atoms with Gasteiger partial charge in [0.2, 0.25) is 0 Å². The van der Waals surface area contributed by atoms with Crippen molar-refractivity contribution >= 4 is 12.0 Å². The number of likely N-dealkylation sites (N-methyl/N-ethyl adjacent to an activating group) is 1. The van der Waals surface area contributed by atoms with E-state index in [-0.39, 0.29) is 12.5 Å². The molecule has 1 fully saturated rings. The Kier molecular flexibility index (Phi) is 4.79. The highest BCUT2D eigenvalue weighted by molar-refractivity contribution is 5.82. The number of hydrogen-bond donors (Lipinski definition) is 2. The minimum atomic E-state index is -1.11. The highest BCUT2D eigenvalue weighted by atomic mass is 16.4. The normalized spacial score (nSPS) is 18.2. The van der Waals surface area contributed by atoms with Crippen LogP contribution in [0, 0.1) is 12.3 Å². The van der Waals surface area contributed by atoms with E-state index in [4.69, 9.17) is 11.5 Å². The zero-order chi connectivity index (χ0) is 12.8. The highest BCUT2D eigenvalue weighted by Crippen LogP contribution is 2.01. The van der Waals surface area contributed by atoms with Crippen molar-refractivity contribution < 1.29 is 14.7 Å². The molecular formula is C11H17N3O3. The van der Waals surface area contributed by atoms with Gasteiger partial charge in [0.1, 0.15) is 6.04 Å². The summed E-state index contributed by atoms with van der Waals surface area (Å²) in [6.07, 6.45) is 5.05. The minimum Gasteiger partial charge on any atom is -0.480 e. The first-order valence-corrected chi connectivity index (χ1v) is 5.45. The van der Waals surface area contributed by atoms with Crippen molar-refractivity contribution in [1.29, 1.82) is 0 Å². The second-order valence-corrected chi connectivity index (χ2v) is 4.04. The topological polar surface area (TPSA) is 72.9 Å². The number of urea groups is 1. The molecule has 1 aliphatic rings. The summed E-state index contributed by atoms with van der Waals surface area (Å²) >= 11 is 0. The van der Waals surface area contributed by atoms with Crippen LogP contribution in [0.5, 0.6) is 0 Å². The maximum absolute atomic E-state index is 11.8. The minimum absolute atomic E-state index is 0.00514. The van der Waals surface area contributed by atoms with E-state index in [0.717, 1.165) is 13.1 Å². The predicted octanol–water partition coefficient (Wildman–Crippen LogP) is -0.580. The lowest BCUT2D eigenvalue weighted by atomic mass is 10.2. The van der Waals surface area contributed by atoms with Crippen molar-refractivity contribution in [1.82, 2.24) is 15.1 Å². The van der Waals surface area contributed by atoms with Crippen molar-refractivity contribution in [3.05, 3.63) is 0 Å². The van der Waals surface area contributed by atoms with Gasteiger partial charge >= 0.3 is 12.0 Å². The first-order chi connectivity index (χ1) is 8.04. The molecule has 1 unspecified atom stereocenters. The van der Waals surface area contributed by atoms with Crippen LogP contribution >= 0.6 is 0 Å². The summed E-state index contributed by atoms with van der Waals surface area (Å²) < 4.78 is 0. The summed E-state index contributed by atoms with van der Waals surface area (Å²) in [5, 5.41) is 11.3. The van der Waals surface area contributed by atoms with Crippen LogP contribution in [0.2, 0.25) is 0 Å². The molecule has 0 bridgehead atoms. The average Bonchev–Trinajstić information content (AvgIpc) is 2.29. The fourth-order valence-electron chi connectivity index (χ4n) is 1.57. The van der Waals surface area contributed by atoms with E-state index in [1.54, 1.807) is 4.90 Å². The van der Waals surface area contributed by atoms with Crippen molar-refractivity contribution in [3.8, 4) is 12.3 Å². The van der Waals surface area contributed by atoms with Crippen LogP contribution in [-0.2, 0) is 4.79 Å². The van der Waals surface area contributed by atoms with E-state index in [1.165, 1.54) is 0 Å². The zero-order valence-electron chi connectivity index (χ0n) is 9.85. The van der Waals surface area contributed by atoms with Crippen molar-refractivity contribution in [3.63, 3.8) is 0 Å². The van der Waals surface area contributed by atoms with Crippen LogP contribution in [0.1, 0.15) is 6.42 Å². The number of nitrogens with zero attached hydrogens (tertiary/aromatic N) is 2. The summed E-state index contributed by atoms with van der Waals surface area (Å²) in [6, 6.07) is -1.37. The van der Waals surface area contributed by atoms with Gasteiger partial charge in [0.25, 0.3) is 0 Å². The van der Waals surface area contributed by atoms with Crippen LogP contribution in [0.25, 0.3) is 0 Å². The lowest BCUT2D eigenvalue weighted by molar-refractivity contribution is -0.139. The number of rotatable bonds is 3. The molecule has 1 atom stereocenters. The summed E-state index contributed by atoms with van der Waals surface area (Å²) in [5.74, 6) is 1.14. The molecule has 1 saturated heterocycles. The summed E-state index contributed by atoms with van der Waals surface area (Å²) in [4.78, 5) is 26.3. The number of amides is 2. The van der Waals surface area contributed by atoms with Crippen molar-refractivity contribution in [2.75, 3.05) is 33.2 Å². The summed E-state index contributed by atoms with van der Waals surface area (Å²) in [5.41, 5.74) is 0. The van der Waals surface area contributed by atoms with Gasteiger partial charge in [-0.05, 0) is 7.05 Å². The Hall–Kier alpha value is -1.74. The molecule has 1 heterocycles. The fourth-order valence-corrected chi connectivity index (χ4v) is 1.57. The van der Waals surface area contributed by atoms with E-state index in [1.807, 2.05) is 7.05 Å². The molecule has 0 aromatic rings. The number of hydrogen-bond acceptors (Lipinski definition) is 3. The maximum Gasteiger partial charge on any atom is 0.327 e. The van der Waals surface area contributed by atoms with E-state index in [2.05, 4.69) is 16.1 Å². The number of nitrogens with one attached hydrogen (secondary N) is 1. The maximum atomic E-state index is 11.8.